The number of aromatic nitrogens is 3. The first-order chi connectivity index (χ1) is 9.58. The van der Waals surface area contributed by atoms with Crippen molar-refractivity contribution in [3.8, 4) is 0 Å². The summed E-state index contributed by atoms with van der Waals surface area (Å²) < 4.78 is 0. The van der Waals surface area contributed by atoms with Crippen LogP contribution >= 0.6 is 0 Å². The second-order valence-electron chi connectivity index (χ2n) is 5.52. The van der Waals surface area contributed by atoms with Gasteiger partial charge in [0, 0.05) is 52.2 Å². The number of hydrogen-bond acceptors (Lipinski definition) is 5. The summed E-state index contributed by atoms with van der Waals surface area (Å²) in [6, 6.07) is 0. The van der Waals surface area contributed by atoms with E-state index >= 15 is 0 Å². The zero-order chi connectivity index (χ0) is 14.5. The van der Waals surface area contributed by atoms with Gasteiger partial charge in [-0.15, -0.1) is 5.10 Å². The van der Waals surface area contributed by atoms with Gasteiger partial charge in [0.05, 0.1) is 0 Å². The highest BCUT2D eigenvalue weighted by Gasteiger charge is 2.19. The Morgan fingerprint density at radius 2 is 2.10 bits per heavy atom. The van der Waals surface area contributed by atoms with Gasteiger partial charge in [0.15, 0.2) is 0 Å². The molecular weight excluding hydrogens is 256 g/mol. The molecule has 1 aromatic rings. The summed E-state index contributed by atoms with van der Waals surface area (Å²) in [5.41, 5.74) is 0. The van der Waals surface area contributed by atoms with Crippen molar-refractivity contribution in [1.82, 2.24) is 30.3 Å². The molecule has 0 aromatic carbocycles. The fourth-order valence-electron chi connectivity index (χ4n) is 2.13. The Hall–Kier alpha value is -1.47. The van der Waals surface area contributed by atoms with Crippen LogP contribution < -0.4 is 5.32 Å². The summed E-state index contributed by atoms with van der Waals surface area (Å²) in [6.45, 7) is 9.76. The van der Waals surface area contributed by atoms with Gasteiger partial charge in [-0.3, -0.25) is 14.8 Å². The lowest BCUT2D eigenvalue weighted by Crippen LogP contribution is -2.46. The van der Waals surface area contributed by atoms with E-state index in [1.165, 1.54) is 0 Å². The van der Waals surface area contributed by atoms with Gasteiger partial charge < -0.3 is 10.2 Å². The molecule has 1 aliphatic heterocycles. The minimum absolute atomic E-state index is 0.122. The van der Waals surface area contributed by atoms with Crippen molar-refractivity contribution < 1.29 is 4.79 Å². The van der Waals surface area contributed by atoms with Crippen molar-refractivity contribution in [2.75, 3.05) is 46.3 Å². The molecule has 1 amide bonds. The Bertz CT molecular complexity index is 438. The first-order valence-electron chi connectivity index (χ1n) is 7.18. The maximum atomic E-state index is 12.2. The average Bonchev–Trinajstić information content (AvgIpc) is 2.95. The summed E-state index contributed by atoms with van der Waals surface area (Å²) in [4.78, 5) is 20.5. The quantitative estimate of drug-likeness (QED) is 0.788. The van der Waals surface area contributed by atoms with Crippen LogP contribution in [0.15, 0.2) is 0 Å². The lowest BCUT2D eigenvalue weighted by molar-refractivity contribution is 0.0763. The molecule has 0 aliphatic carbocycles. The summed E-state index contributed by atoms with van der Waals surface area (Å²) in [7, 11) is 1.80. The summed E-state index contributed by atoms with van der Waals surface area (Å²) in [5, 5.41) is 10.1. The molecule has 2 heterocycles. The van der Waals surface area contributed by atoms with E-state index in [1.807, 2.05) is 13.8 Å². The highest BCUT2D eigenvalue weighted by Crippen LogP contribution is 2.08. The number of nitrogens with one attached hydrogen (secondary N) is 2. The minimum atomic E-state index is -0.122. The standard InChI is InChI=1S/C13H24N6O/c1-10(2)11-15-12(17-16-11)13(20)18(3)8-9-19-6-4-14-5-7-19/h10,14H,4-9H2,1-3H3,(H,15,16,17). The van der Waals surface area contributed by atoms with Crippen molar-refractivity contribution in [2.24, 2.45) is 0 Å². The molecule has 0 unspecified atom stereocenters. The number of carbonyl (C=O) groups excluding carboxylic acids is 1. The molecule has 0 spiro atoms. The molecule has 0 radical (unpaired) electrons. The lowest BCUT2D eigenvalue weighted by atomic mass is 10.2. The molecule has 1 saturated heterocycles. The van der Waals surface area contributed by atoms with Crippen LogP contribution in [-0.4, -0.2) is 77.2 Å². The number of H-pyrrole nitrogens is 1. The van der Waals surface area contributed by atoms with Crippen LogP contribution in [0.5, 0.6) is 0 Å². The first kappa shape index (κ1) is 14.9. The fourth-order valence-corrected chi connectivity index (χ4v) is 2.13. The third-order valence-electron chi connectivity index (χ3n) is 3.55. The third kappa shape index (κ3) is 3.77. The first-order valence-corrected chi connectivity index (χ1v) is 7.18. The lowest BCUT2D eigenvalue weighted by Gasteiger charge is -2.28. The zero-order valence-corrected chi connectivity index (χ0v) is 12.5. The monoisotopic (exact) mass is 280 g/mol. The Labute approximate surface area is 119 Å². The maximum Gasteiger partial charge on any atom is 0.293 e. The number of piperazine rings is 1. The van der Waals surface area contributed by atoms with Crippen LogP contribution in [0.4, 0.5) is 0 Å². The molecule has 7 nitrogen and oxygen atoms in total. The third-order valence-corrected chi connectivity index (χ3v) is 3.55. The van der Waals surface area contributed by atoms with Crippen LogP contribution in [0.2, 0.25) is 0 Å². The normalized spacial score (nSPS) is 16.6. The van der Waals surface area contributed by atoms with Crippen molar-refractivity contribution in [2.45, 2.75) is 19.8 Å². The van der Waals surface area contributed by atoms with Crippen molar-refractivity contribution in [1.29, 1.82) is 0 Å². The Morgan fingerprint density at radius 1 is 1.40 bits per heavy atom. The van der Waals surface area contributed by atoms with Gasteiger partial charge in [0.1, 0.15) is 5.82 Å². The minimum Gasteiger partial charge on any atom is -0.338 e. The second-order valence-corrected chi connectivity index (χ2v) is 5.52. The molecule has 1 fully saturated rings. The number of nitrogens with zero attached hydrogens (tertiary/aromatic N) is 4. The Balaban J connectivity index is 1.84. The Kier molecular flexibility index (Phi) is 5.08. The second kappa shape index (κ2) is 6.81. The topological polar surface area (TPSA) is 77.2 Å². The van der Waals surface area contributed by atoms with E-state index in [0.29, 0.717) is 6.54 Å². The number of rotatable bonds is 5. The van der Waals surface area contributed by atoms with Crippen molar-refractivity contribution >= 4 is 5.91 Å². The number of aromatic amines is 1. The molecule has 1 aliphatic rings. The van der Waals surface area contributed by atoms with E-state index in [-0.39, 0.29) is 17.6 Å². The average molecular weight is 280 g/mol. The molecule has 0 atom stereocenters. The van der Waals surface area contributed by atoms with Crippen LogP contribution in [0.3, 0.4) is 0 Å². The predicted octanol–water partition coefficient (Wildman–Crippen LogP) is -0.0947. The zero-order valence-electron chi connectivity index (χ0n) is 12.5. The van der Waals surface area contributed by atoms with Gasteiger partial charge in [-0.2, -0.15) is 0 Å². The Morgan fingerprint density at radius 3 is 2.70 bits per heavy atom. The van der Waals surface area contributed by atoms with Crippen LogP contribution in [0.1, 0.15) is 36.2 Å². The number of amides is 1. The predicted molar refractivity (Wildman–Crippen MR) is 76.7 cm³/mol. The van der Waals surface area contributed by atoms with E-state index < -0.39 is 0 Å². The van der Waals surface area contributed by atoms with Crippen molar-refractivity contribution in [3.63, 3.8) is 0 Å². The van der Waals surface area contributed by atoms with Gasteiger partial charge in [0.25, 0.3) is 5.91 Å². The fraction of sp³-hybridized carbons (Fsp3) is 0.769. The van der Waals surface area contributed by atoms with E-state index in [0.717, 1.165) is 38.5 Å². The number of likely N-dealkylation sites (N-methyl/N-ethyl adjacent to an activating group) is 1. The summed E-state index contributed by atoms with van der Waals surface area (Å²) in [5.74, 6) is 1.14. The SMILES string of the molecule is CC(C)c1nc(C(=O)N(C)CCN2CCNCC2)n[nH]1. The molecule has 112 valence electrons. The van der Waals surface area contributed by atoms with Gasteiger partial charge >= 0.3 is 0 Å². The summed E-state index contributed by atoms with van der Waals surface area (Å²) in [6.07, 6.45) is 0. The van der Waals surface area contributed by atoms with Crippen LogP contribution in [-0.2, 0) is 0 Å². The maximum absolute atomic E-state index is 12.2. The highest BCUT2D eigenvalue weighted by molar-refractivity contribution is 5.90. The number of hydrogen-bond donors (Lipinski definition) is 2. The highest BCUT2D eigenvalue weighted by atomic mass is 16.2. The molecule has 7 heteroatoms. The number of carbonyl (C=O) groups is 1. The largest absolute Gasteiger partial charge is 0.338 e. The van der Waals surface area contributed by atoms with Crippen LogP contribution in [0, 0.1) is 0 Å². The smallest absolute Gasteiger partial charge is 0.293 e. The molecule has 1 aromatic heterocycles. The van der Waals surface area contributed by atoms with Gasteiger partial charge in [-0.05, 0) is 0 Å². The molecule has 20 heavy (non-hydrogen) atoms. The van der Waals surface area contributed by atoms with E-state index in [2.05, 4.69) is 25.4 Å². The molecule has 0 bridgehead atoms. The van der Waals surface area contributed by atoms with Gasteiger partial charge in [-0.25, -0.2) is 4.98 Å². The van der Waals surface area contributed by atoms with E-state index in [4.69, 9.17) is 0 Å². The van der Waals surface area contributed by atoms with E-state index in [1.54, 1.807) is 11.9 Å². The molecule has 2 rings (SSSR count). The molecular formula is C13H24N6O. The van der Waals surface area contributed by atoms with Gasteiger partial charge in [0.2, 0.25) is 5.82 Å². The summed E-state index contributed by atoms with van der Waals surface area (Å²) >= 11 is 0. The van der Waals surface area contributed by atoms with Crippen molar-refractivity contribution in [3.05, 3.63) is 11.6 Å². The van der Waals surface area contributed by atoms with Gasteiger partial charge in [-0.1, -0.05) is 13.8 Å². The molecule has 0 saturated carbocycles. The van der Waals surface area contributed by atoms with E-state index in [9.17, 15) is 4.79 Å². The molecule has 2 N–H and O–H groups in total. The van der Waals surface area contributed by atoms with Crippen LogP contribution in [0.25, 0.3) is 0 Å².